The van der Waals surface area contributed by atoms with Crippen LogP contribution in [0, 0.1) is 3.57 Å². The number of likely N-dealkylation sites (N-methyl/N-ethyl adjacent to an activating group) is 1. The van der Waals surface area contributed by atoms with Crippen molar-refractivity contribution in [3.8, 4) is 11.3 Å². The van der Waals surface area contributed by atoms with Crippen molar-refractivity contribution in [1.29, 1.82) is 0 Å². The molecule has 0 aliphatic rings. The van der Waals surface area contributed by atoms with Gasteiger partial charge in [0.15, 0.2) is 0 Å². The monoisotopic (exact) mass is 415 g/mol. The minimum atomic E-state index is 0.541. The first kappa shape index (κ1) is 16.6. The summed E-state index contributed by atoms with van der Waals surface area (Å²) in [6.45, 7) is 7.37. The van der Waals surface area contributed by atoms with Gasteiger partial charge in [-0.2, -0.15) is 0 Å². The van der Waals surface area contributed by atoms with Crippen LogP contribution in [0.15, 0.2) is 30.3 Å². The van der Waals surface area contributed by atoms with E-state index in [0.717, 1.165) is 46.7 Å². The summed E-state index contributed by atoms with van der Waals surface area (Å²) < 4.78 is 0.909. The van der Waals surface area contributed by atoms with Crippen LogP contribution in [0.4, 0.5) is 0 Å². The third-order valence-corrected chi connectivity index (χ3v) is 5.06. The number of hydrogen-bond acceptors (Lipinski definition) is 3. The summed E-state index contributed by atoms with van der Waals surface area (Å²) in [4.78, 5) is 11.5. The van der Waals surface area contributed by atoms with Gasteiger partial charge in [-0.25, -0.2) is 9.97 Å². The van der Waals surface area contributed by atoms with Gasteiger partial charge in [0.25, 0.3) is 0 Å². The highest BCUT2D eigenvalue weighted by molar-refractivity contribution is 14.1. The van der Waals surface area contributed by atoms with Gasteiger partial charge in [-0.3, -0.25) is 0 Å². The number of rotatable bonds is 6. The third-order valence-electron chi connectivity index (χ3n) is 3.45. The zero-order chi connectivity index (χ0) is 15.2. The molecule has 0 fully saturated rings. The summed E-state index contributed by atoms with van der Waals surface area (Å²) in [6, 6.07) is 10.1. The highest BCUT2D eigenvalue weighted by Crippen LogP contribution is 2.27. The van der Waals surface area contributed by atoms with Crippen molar-refractivity contribution in [1.82, 2.24) is 14.9 Å². The Hall–Kier alpha value is -0.720. The zero-order valence-corrected chi connectivity index (χ0v) is 15.2. The van der Waals surface area contributed by atoms with Gasteiger partial charge in [0, 0.05) is 18.5 Å². The Bertz CT molecular complexity index is 586. The normalized spacial score (nSPS) is 11.1. The van der Waals surface area contributed by atoms with E-state index in [-0.39, 0.29) is 0 Å². The molecule has 0 N–H and O–H groups in total. The maximum absolute atomic E-state index is 6.28. The first-order chi connectivity index (χ1) is 10.2. The lowest BCUT2D eigenvalue weighted by molar-refractivity contribution is 0.306. The molecule has 0 aliphatic carbocycles. The van der Waals surface area contributed by atoms with Crippen molar-refractivity contribution in [2.45, 2.75) is 20.3 Å². The molecule has 0 radical (unpaired) electrons. The maximum Gasteiger partial charge on any atom is 0.146 e. The van der Waals surface area contributed by atoms with Gasteiger partial charge in [0.05, 0.1) is 9.26 Å². The molecule has 0 saturated carbocycles. The zero-order valence-electron chi connectivity index (χ0n) is 12.3. The predicted octanol–water partition coefficient (Wildman–Crippen LogP) is 4.29. The van der Waals surface area contributed by atoms with Gasteiger partial charge in [0.2, 0.25) is 0 Å². The van der Waals surface area contributed by atoms with Crippen molar-refractivity contribution in [3.63, 3.8) is 0 Å². The van der Waals surface area contributed by atoms with E-state index in [4.69, 9.17) is 16.6 Å². The summed E-state index contributed by atoms with van der Waals surface area (Å²) in [6.07, 6.45) is 0.818. The van der Waals surface area contributed by atoms with Crippen molar-refractivity contribution in [2.24, 2.45) is 0 Å². The standard InChI is InChI=1S/C16H19ClIN3/c1-3-21(4-2)11-10-13-19-15(14(18)16(17)20-13)12-8-6-5-7-9-12/h5-9H,3-4,10-11H2,1-2H3. The molecule has 3 nitrogen and oxygen atoms in total. The molecule has 0 spiro atoms. The van der Waals surface area contributed by atoms with E-state index >= 15 is 0 Å². The van der Waals surface area contributed by atoms with Crippen LogP contribution in [-0.2, 0) is 6.42 Å². The molecule has 0 atom stereocenters. The second-order valence-electron chi connectivity index (χ2n) is 4.74. The van der Waals surface area contributed by atoms with Crippen LogP contribution >= 0.6 is 34.2 Å². The number of aromatic nitrogens is 2. The van der Waals surface area contributed by atoms with Crippen LogP contribution in [0.5, 0.6) is 0 Å². The summed E-state index contributed by atoms with van der Waals surface area (Å²) in [5.41, 5.74) is 2.00. The smallest absolute Gasteiger partial charge is 0.146 e. The Morgan fingerprint density at radius 1 is 1.10 bits per heavy atom. The van der Waals surface area contributed by atoms with E-state index in [1.165, 1.54) is 0 Å². The molecule has 0 amide bonds. The molecule has 112 valence electrons. The van der Waals surface area contributed by atoms with Crippen molar-refractivity contribution in [2.75, 3.05) is 19.6 Å². The highest BCUT2D eigenvalue weighted by Gasteiger charge is 2.13. The fourth-order valence-corrected chi connectivity index (χ4v) is 2.90. The molecule has 21 heavy (non-hydrogen) atoms. The van der Waals surface area contributed by atoms with Crippen LogP contribution in [-0.4, -0.2) is 34.5 Å². The Kier molecular flexibility index (Phi) is 6.39. The molecule has 1 aromatic heterocycles. The number of hydrogen-bond donors (Lipinski definition) is 0. The van der Waals surface area contributed by atoms with E-state index in [1.807, 2.05) is 18.2 Å². The SMILES string of the molecule is CCN(CC)CCc1nc(Cl)c(I)c(-c2ccccc2)n1. The number of nitrogens with zero attached hydrogens (tertiary/aromatic N) is 3. The van der Waals surface area contributed by atoms with Crippen molar-refractivity contribution < 1.29 is 0 Å². The lowest BCUT2D eigenvalue weighted by Gasteiger charge is -2.17. The molecule has 0 unspecified atom stereocenters. The van der Waals surface area contributed by atoms with Gasteiger partial charge in [-0.05, 0) is 35.7 Å². The molecule has 0 bridgehead atoms. The van der Waals surface area contributed by atoms with E-state index in [1.54, 1.807) is 0 Å². The second kappa shape index (κ2) is 8.06. The van der Waals surface area contributed by atoms with Gasteiger partial charge >= 0.3 is 0 Å². The Morgan fingerprint density at radius 3 is 2.38 bits per heavy atom. The molecule has 1 aromatic carbocycles. The molecule has 2 aromatic rings. The summed E-state index contributed by atoms with van der Waals surface area (Å²) in [7, 11) is 0. The van der Waals surface area contributed by atoms with Gasteiger partial charge < -0.3 is 4.90 Å². The lowest BCUT2D eigenvalue weighted by atomic mass is 10.1. The fraction of sp³-hybridized carbons (Fsp3) is 0.375. The van der Waals surface area contributed by atoms with E-state index < -0.39 is 0 Å². The minimum Gasteiger partial charge on any atom is -0.303 e. The molecular weight excluding hydrogens is 397 g/mol. The third kappa shape index (κ3) is 4.37. The van der Waals surface area contributed by atoms with Crippen LogP contribution in [0.1, 0.15) is 19.7 Å². The van der Waals surface area contributed by atoms with Gasteiger partial charge in [-0.15, -0.1) is 0 Å². The summed E-state index contributed by atoms with van der Waals surface area (Å²) >= 11 is 8.49. The molecule has 2 rings (SSSR count). The topological polar surface area (TPSA) is 29.0 Å². The highest BCUT2D eigenvalue weighted by atomic mass is 127. The Morgan fingerprint density at radius 2 is 1.76 bits per heavy atom. The van der Waals surface area contributed by atoms with E-state index in [0.29, 0.717) is 5.15 Å². The average Bonchev–Trinajstić information content (AvgIpc) is 2.52. The molecule has 5 heteroatoms. The van der Waals surface area contributed by atoms with Crippen LogP contribution in [0.2, 0.25) is 5.15 Å². The molecular formula is C16H19ClIN3. The first-order valence-electron chi connectivity index (χ1n) is 7.15. The predicted molar refractivity (Wildman–Crippen MR) is 96.7 cm³/mol. The van der Waals surface area contributed by atoms with E-state index in [2.05, 4.69) is 58.5 Å². The Labute approximate surface area is 144 Å². The fourth-order valence-electron chi connectivity index (χ4n) is 2.16. The van der Waals surface area contributed by atoms with Crippen LogP contribution in [0.25, 0.3) is 11.3 Å². The lowest BCUT2D eigenvalue weighted by Crippen LogP contribution is -2.26. The minimum absolute atomic E-state index is 0.541. The van der Waals surface area contributed by atoms with Crippen molar-refractivity contribution >= 4 is 34.2 Å². The van der Waals surface area contributed by atoms with E-state index in [9.17, 15) is 0 Å². The Balaban J connectivity index is 2.27. The van der Waals surface area contributed by atoms with Crippen molar-refractivity contribution in [3.05, 3.63) is 44.9 Å². The van der Waals surface area contributed by atoms with Gasteiger partial charge in [-0.1, -0.05) is 55.8 Å². The van der Waals surface area contributed by atoms with Gasteiger partial charge in [0.1, 0.15) is 11.0 Å². The average molecular weight is 416 g/mol. The van der Waals surface area contributed by atoms with Crippen LogP contribution < -0.4 is 0 Å². The molecule has 1 heterocycles. The largest absolute Gasteiger partial charge is 0.303 e. The summed E-state index contributed by atoms with van der Waals surface area (Å²) in [5.74, 6) is 0.811. The maximum atomic E-state index is 6.28. The molecule has 0 aliphatic heterocycles. The number of halogens is 2. The second-order valence-corrected chi connectivity index (χ2v) is 6.17. The molecule has 0 saturated heterocycles. The first-order valence-corrected chi connectivity index (χ1v) is 8.61. The summed E-state index contributed by atoms with van der Waals surface area (Å²) in [5, 5.41) is 0.541. The number of benzene rings is 1. The van der Waals surface area contributed by atoms with Crippen LogP contribution in [0.3, 0.4) is 0 Å². The quantitative estimate of drug-likeness (QED) is 0.521.